The molecule has 0 bridgehead atoms. The average Bonchev–Trinajstić information content (AvgIpc) is 2.59. The van der Waals surface area contributed by atoms with Crippen molar-refractivity contribution in [2.45, 2.75) is 25.8 Å². The monoisotopic (exact) mass is 179 g/mol. The van der Waals surface area contributed by atoms with E-state index in [2.05, 4.69) is 10.4 Å². The predicted octanol–water partition coefficient (Wildman–Crippen LogP) is 0.579. The zero-order chi connectivity index (χ0) is 9.26. The molecule has 0 aliphatic carbocycles. The Morgan fingerprint density at radius 3 is 3.15 bits per heavy atom. The van der Waals surface area contributed by atoms with E-state index in [4.69, 9.17) is 0 Å². The molecule has 0 saturated heterocycles. The molecule has 0 atom stereocenters. The van der Waals surface area contributed by atoms with E-state index in [1.54, 1.807) is 7.05 Å². The van der Waals surface area contributed by atoms with Gasteiger partial charge in [0, 0.05) is 19.3 Å². The molecule has 1 aromatic heterocycles. The van der Waals surface area contributed by atoms with Gasteiger partial charge < -0.3 is 5.32 Å². The number of amides is 1. The summed E-state index contributed by atoms with van der Waals surface area (Å²) in [5, 5.41) is 6.80. The Bertz CT molecular complexity index is 306. The van der Waals surface area contributed by atoms with Crippen LogP contribution in [0.2, 0.25) is 0 Å². The van der Waals surface area contributed by atoms with Crippen LogP contribution in [0.4, 0.5) is 0 Å². The summed E-state index contributed by atoms with van der Waals surface area (Å²) in [6.45, 7) is 0.951. The SMILES string of the molecule is CNC(=O)c1cc2n(n1)CCCC2. The third-order valence-corrected chi connectivity index (χ3v) is 2.38. The van der Waals surface area contributed by atoms with Crippen LogP contribution in [0.3, 0.4) is 0 Å². The number of hydrogen-bond donors (Lipinski definition) is 1. The van der Waals surface area contributed by atoms with Crippen LogP contribution in [-0.4, -0.2) is 22.7 Å². The number of rotatable bonds is 1. The maximum Gasteiger partial charge on any atom is 0.271 e. The second-order valence-corrected chi connectivity index (χ2v) is 3.28. The highest BCUT2D eigenvalue weighted by atomic mass is 16.1. The molecule has 13 heavy (non-hydrogen) atoms. The maximum absolute atomic E-state index is 11.2. The van der Waals surface area contributed by atoms with Gasteiger partial charge in [-0.05, 0) is 25.3 Å². The van der Waals surface area contributed by atoms with E-state index in [0.717, 1.165) is 13.0 Å². The van der Waals surface area contributed by atoms with E-state index >= 15 is 0 Å². The molecule has 0 saturated carbocycles. The first-order valence-corrected chi connectivity index (χ1v) is 4.60. The Morgan fingerprint density at radius 1 is 1.62 bits per heavy atom. The van der Waals surface area contributed by atoms with Crippen molar-refractivity contribution in [2.24, 2.45) is 0 Å². The van der Waals surface area contributed by atoms with Crippen LogP contribution >= 0.6 is 0 Å². The summed E-state index contributed by atoms with van der Waals surface area (Å²) in [6, 6.07) is 1.89. The fraction of sp³-hybridized carbons (Fsp3) is 0.556. The van der Waals surface area contributed by atoms with Crippen LogP contribution in [0, 0.1) is 0 Å². The van der Waals surface area contributed by atoms with Crippen LogP contribution in [0.15, 0.2) is 6.07 Å². The number of carbonyl (C=O) groups is 1. The number of carbonyl (C=O) groups excluding carboxylic acids is 1. The normalized spacial score (nSPS) is 15.2. The van der Waals surface area contributed by atoms with Gasteiger partial charge in [0.1, 0.15) is 5.69 Å². The van der Waals surface area contributed by atoms with E-state index in [-0.39, 0.29) is 5.91 Å². The molecule has 1 amide bonds. The summed E-state index contributed by atoms with van der Waals surface area (Å²) >= 11 is 0. The molecule has 0 fully saturated rings. The lowest BCUT2D eigenvalue weighted by atomic mass is 10.1. The third-order valence-electron chi connectivity index (χ3n) is 2.38. The van der Waals surface area contributed by atoms with E-state index in [9.17, 15) is 4.79 Å². The van der Waals surface area contributed by atoms with E-state index in [1.165, 1.54) is 18.5 Å². The Labute approximate surface area is 76.9 Å². The average molecular weight is 179 g/mol. The molecule has 2 heterocycles. The first kappa shape index (κ1) is 8.29. The van der Waals surface area contributed by atoms with Gasteiger partial charge in [0.25, 0.3) is 5.91 Å². The van der Waals surface area contributed by atoms with Crippen molar-refractivity contribution in [1.29, 1.82) is 0 Å². The van der Waals surface area contributed by atoms with E-state index in [0.29, 0.717) is 5.69 Å². The topological polar surface area (TPSA) is 46.9 Å². The molecule has 0 spiro atoms. The summed E-state index contributed by atoms with van der Waals surface area (Å²) in [5.41, 5.74) is 1.73. The van der Waals surface area contributed by atoms with Gasteiger partial charge in [-0.3, -0.25) is 9.48 Å². The van der Waals surface area contributed by atoms with Gasteiger partial charge in [-0.15, -0.1) is 0 Å². The van der Waals surface area contributed by atoms with Crippen LogP contribution < -0.4 is 5.32 Å². The van der Waals surface area contributed by atoms with Crippen molar-refractivity contribution in [1.82, 2.24) is 15.1 Å². The number of nitrogens with one attached hydrogen (secondary N) is 1. The van der Waals surface area contributed by atoms with Crippen molar-refractivity contribution >= 4 is 5.91 Å². The van der Waals surface area contributed by atoms with Crippen molar-refractivity contribution in [3.05, 3.63) is 17.5 Å². The van der Waals surface area contributed by atoms with Crippen LogP contribution in [0.25, 0.3) is 0 Å². The zero-order valence-electron chi connectivity index (χ0n) is 7.71. The molecule has 1 aromatic rings. The van der Waals surface area contributed by atoms with Gasteiger partial charge in [-0.1, -0.05) is 0 Å². The molecule has 4 heteroatoms. The second-order valence-electron chi connectivity index (χ2n) is 3.28. The van der Waals surface area contributed by atoms with Gasteiger partial charge in [0.2, 0.25) is 0 Å². The Balaban J connectivity index is 2.30. The summed E-state index contributed by atoms with van der Waals surface area (Å²) in [7, 11) is 1.63. The summed E-state index contributed by atoms with van der Waals surface area (Å²) in [6.07, 6.45) is 3.42. The summed E-state index contributed by atoms with van der Waals surface area (Å²) in [4.78, 5) is 11.2. The molecule has 1 aliphatic rings. The fourth-order valence-electron chi connectivity index (χ4n) is 1.66. The predicted molar refractivity (Wildman–Crippen MR) is 48.6 cm³/mol. The minimum atomic E-state index is -0.0955. The van der Waals surface area contributed by atoms with Crippen LogP contribution in [-0.2, 0) is 13.0 Å². The van der Waals surface area contributed by atoms with Gasteiger partial charge in [0.15, 0.2) is 0 Å². The highest BCUT2D eigenvalue weighted by Crippen LogP contribution is 2.14. The van der Waals surface area contributed by atoms with E-state index in [1.807, 2.05) is 10.7 Å². The maximum atomic E-state index is 11.2. The first-order valence-electron chi connectivity index (χ1n) is 4.60. The lowest BCUT2D eigenvalue weighted by Crippen LogP contribution is -2.18. The Morgan fingerprint density at radius 2 is 2.46 bits per heavy atom. The molecular weight excluding hydrogens is 166 g/mol. The molecule has 0 radical (unpaired) electrons. The number of nitrogens with zero attached hydrogens (tertiary/aromatic N) is 2. The molecule has 70 valence electrons. The highest BCUT2D eigenvalue weighted by molar-refractivity contribution is 5.92. The van der Waals surface area contributed by atoms with Crippen molar-refractivity contribution < 1.29 is 4.79 Å². The minimum Gasteiger partial charge on any atom is -0.354 e. The van der Waals surface area contributed by atoms with Gasteiger partial charge >= 0.3 is 0 Å². The molecule has 1 N–H and O–H groups in total. The number of hydrogen-bond acceptors (Lipinski definition) is 2. The molecular formula is C9H13N3O. The van der Waals surface area contributed by atoms with Crippen LogP contribution in [0.5, 0.6) is 0 Å². The third kappa shape index (κ3) is 1.43. The van der Waals surface area contributed by atoms with Crippen LogP contribution in [0.1, 0.15) is 29.0 Å². The highest BCUT2D eigenvalue weighted by Gasteiger charge is 2.15. The van der Waals surface area contributed by atoms with Gasteiger partial charge in [-0.25, -0.2) is 0 Å². The van der Waals surface area contributed by atoms with Crippen molar-refractivity contribution in [2.75, 3.05) is 7.05 Å². The molecule has 1 aliphatic heterocycles. The first-order chi connectivity index (χ1) is 6.31. The molecule has 0 unspecified atom stereocenters. The second kappa shape index (κ2) is 3.20. The van der Waals surface area contributed by atoms with Gasteiger partial charge in [-0.2, -0.15) is 5.10 Å². The zero-order valence-corrected chi connectivity index (χ0v) is 7.71. The molecule has 4 nitrogen and oxygen atoms in total. The Hall–Kier alpha value is -1.32. The lowest BCUT2D eigenvalue weighted by molar-refractivity contribution is 0.0957. The molecule has 0 aromatic carbocycles. The number of aromatic nitrogens is 2. The van der Waals surface area contributed by atoms with Crippen molar-refractivity contribution in [3.8, 4) is 0 Å². The number of fused-ring (bicyclic) bond motifs is 1. The number of aryl methyl sites for hydroxylation is 2. The van der Waals surface area contributed by atoms with Gasteiger partial charge in [0.05, 0.1) is 0 Å². The Kier molecular flexibility index (Phi) is 2.04. The fourth-order valence-corrected chi connectivity index (χ4v) is 1.66. The summed E-state index contributed by atoms with van der Waals surface area (Å²) in [5.74, 6) is -0.0955. The quantitative estimate of drug-likeness (QED) is 0.685. The minimum absolute atomic E-state index is 0.0955. The largest absolute Gasteiger partial charge is 0.354 e. The summed E-state index contributed by atoms with van der Waals surface area (Å²) < 4.78 is 1.94. The molecule has 2 rings (SSSR count). The lowest BCUT2D eigenvalue weighted by Gasteiger charge is -2.11. The van der Waals surface area contributed by atoms with E-state index < -0.39 is 0 Å². The standard InChI is InChI=1S/C9H13N3O/c1-10-9(13)8-6-7-4-2-3-5-12(7)11-8/h6H,2-5H2,1H3,(H,10,13). The van der Waals surface area contributed by atoms with Crippen molar-refractivity contribution in [3.63, 3.8) is 0 Å². The smallest absolute Gasteiger partial charge is 0.271 e.